The molecule has 0 N–H and O–H groups in total. The fraction of sp³-hybridized carbons (Fsp3) is 0.714. The van der Waals surface area contributed by atoms with Gasteiger partial charge in [0.25, 0.3) is 0 Å². The van der Waals surface area contributed by atoms with E-state index in [1.165, 1.54) is 0 Å². The molecule has 1 saturated heterocycles. The van der Waals surface area contributed by atoms with Crippen LogP contribution >= 0.6 is 0 Å². The zero-order valence-electron chi connectivity index (χ0n) is 5.68. The first-order valence-electron chi connectivity index (χ1n) is 3.38. The van der Waals surface area contributed by atoms with Crippen molar-refractivity contribution in [2.45, 2.75) is 6.42 Å². The Hall–Kier alpha value is -0.370. The van der Waals surface area contributed by atoms with Crippen molar-refractivity contribution in [1.82, 2.24) is 0 Å². The largest absolute Gasteiger partial charge is 0.368 e. The van der Waals surface area contributed by atoms with Gasteiger partial charge in [0.1, 0.15) is 19.4 Å². The van der Waals surface area contributed by atoms with Crippen LogP contribution in [0.1, 0.15) is 6.42 Å². The average Bonchev–Trinajstić information content (AvgIpc) is 1.91. The third-order valence-electron chi connectivity index (χ3n) is 1.43. The zero-order valence-corrected chi connectivity index (χ0v) is 5.68. The number of morpholine rings is 1. The van der Waals surface area contributed by atoms with Crippen molar-refractivity contribution in [3.8, 4) is 0 Å². The van der Waals surface area contributed by atoms with Crippen LogP contribution in [0.3, 0.4) is 0 Å². The van der Waals surface area contributed by atoms with Gasteiger partial charge < -0.3 is 11.7 Å². The van der Waals surface area contributed by atoms with Crippen LogP contribution in [-0.4, -0.2) is 37.1 Å². The van der Waals surface area contributed by atoms with Gasteiger partial charge in [-0.25, -0.2) is 4.58 Å². The summed E-state index contributed by atoms with van der Waals surface area (Å²) in [6.07, 6.45) is 3.02. The summed E-state index contributed by atoms with van der Waals surface area (Å²) in [5.74, 6) is 0. The fourth-order valence-corrected chi connectivity index (χ4v) is 0.943. The quantitative estimate of drug-likeness (QED) is 0.365. The van der Waals surface area contributed by atoms with E-state index in [1.807, 2.05) is 0 Å². The highest BCUT2D eigenvalue weighted by molar-refractivity contribution is 5.51. The molecule has 1 heterocycles. The molecule has 0 spiro atoms. The Labute approximate surface area is 56.1 Å². The summed E-state index contributed by atoms with van der Waals surface area (Å²) in [5.41, 5.74) is 0. The highest BCUT2D eigenvalue weighted by Gasteiger charge is 2.07. The van der Waals surface area contributed by atoms with E-state index < -0.39 is 0 Å². The van der Waals surface area contributed by atoms with Crippen LogP contribution in [0.25, 0.3) is 0 Å². The summed E-state index contributed by atoms with van der Waals surface area (Å²) < 4.78 is 7.42. The van der Waals surface area contributed by atoms with E-state index in [2.05, 4.69) is 17.7 Å². The first-order valence-corrected chi connectivity index (χ1v) is 3.38. The lowest BCUT2D eigenvalue weighted by Gasteiger charge is -2.10. The Kier molecular flexibility index (Phi) is 2.71. The second-order valence-electron chi connectivity index (χ2n) is 2.12. The van der Waals surface area contributed by atoms with Gasteiger partial charge in [-0.2, -0.15) is 0 Å². The topological polar surface area (TPSA) is 12.2 Å². The molecule has 2 heteroatoms. The lowest BCUT2D eigenvalue weighted by molar-refractivity contribution is -0.545. The van der Waals surface area contributed by atoms with Crippen LogP contribution in [0.5, 0.6) is 0 Å². The minimum Gasteiger partial charge on any atom is -0.368 e. The molecule has 1 rings (SSSR count). The van der Waals surface area contributed by atoms with Crippen molar-refractivity contribution in [3.05, 3.63) is 6.92 Å². The van der Waals surface area contributed by atoms with Crippen LogP contribution in [0.15, 0.2) is 0 Å². The SMILES string of the molecule is [CH2-]CC=[N+]1CCOCC1. The predicted octanol–water partition coefficient (Wildman–Crippen LogP) is 0.324. The van der Waals surface area contributed by atoms with E-state index in [4.69, 9.17) is 4.74 Å². The summed E-state index contributed by atoms with van der Waals surface area (Å²) in [7, 11) is 0. The molecule has 0 atom stereocenters. The molecule has 0 aliphatic carbocycles. The Morgan fingerprint density at radius 3 is 2.67 bits per heavy atom. The maximum Gasteiger partial charge on any atom is 0.165 e. The molecule has 0 radical (unpaired) electrons. The van der Waals surface area contributed by atoms with Crippen molar-refractivity contribution >= 4 is 6.21 Å². The molecule has 0 unspecified atom stereocenters. The van der Waals surface area contributed by atoms with Crippen LogP contribution < -0.4 is 0 Å². The molecule has 1 aliphatic heterocycles. The van der Waals surface area contributed by atoms with Crippen molar-refractivity contribution in [2.24, 2.45) is 0 Å². The van der Waals surface area contributed by atoms with Crippen LogP contribution in [0, 0.1) is 6.92 Å². The third-order valence-corrected chi connectivity index (χ3v) is 1.43. The second-order valence-corrected chi connectivity index (χ2v) is 2.12. The van der Waals surface area contributed by atoms with Crippen molar-refractivity contribution in [3.63, 3.8) is 0 Å². The van der Waals surface area contributed by atoms with E-state index in [0.717, 1.165) is 32.7 Å². The number of hydrogen-bond acceptors (Lipinski definition) is 1. The van der Waals surface area contributed by atoms with Crippen LogP contribution in [-0.2, 0) is 4.74 Å². The number of ether oxygens (including phenoxy) is 1. The molecular weight excluding hydrogens is 114 g/mol. The van der Waals surface area contributed by atoms with Gasteiger partial charge in [-0.3, -0.25) is 0 Å². The van der Waals surface area contributed by atoms with E-state index in [-0.39, 0.29) is 0 Å². The Balaban J connectivity index is 2.30. The molecule has 0 bridgehead atoms. The second kappa shape index (κ2) is 3.62. The van der Waals surface area contributed by atoms with Gasteiger partial charge in [0.05, 0.1) is 0 Å². The number of hydrogen-bond donors (Lipinski definition) is 0. The summed E-state index contributed by atoms with van der Waals surface area (Å²) in [6, 6.07) is 0. The Bertz CT molecular complexity index is 101. The van der Waals surface area contributed by atoms with E-state index in [1.54, 1.807) is 0 Å². The van der Waals surface area contributed by atoms with Gasteiger partial charge in [-0.15, -0.1) is 6.42 Å². The molecule has 0 aromatic heterocycles. The normalized spacial score (nSPS) is 19.9. The summed E-state index contributed by atoms with van der Waals surface area (Å²) >= 11 is 0. The van der Waals surface area contributed by atoms with E-state index >= 15 is 0 Å². The first-order chi connectivity index (χ1) is 4.43. The smallest absolute Gasteiger partial charge is 0.165 e. The highest BCUT2D eigenvalue weighted by atomic mass is 16.5. The molecule has 2 nitrogen and oxygen atoms in total. The summed E-state index contributed by atoms with van der Waals surface area (Å²) in [5, 5.41) is 0. The van der Waals surface area contributed by atoms with Crippen LogP contribution in [0.4, 0.5) is 0 Å². The van der Waals surface area contributed by atoms with Crippen molar-refractivity contribution in [1.29, 1.82) is 0 Å². The molecular formula is C7H13NO. The van der Waals surface area contributed by atoms with Crippen LogP contribution in [0.2, 0.25) is 0 Å². The lowest BCUT2D eigenvalue weighted by Crippen LogP contribution is -2.29. The third kappa shape index (κ3) is 2.14. The standard InChI is InChI=1S/C7H13NO/c1-2-3-8-4-6-9-7-5-8/h3H,1-2,4-7H2. The minimum absolute atomic E-state index is 0.872. The Morgan fingerprint density at radius 1 is 1.44 bits per heavy atom. The molecule has 1 aliphatic rings. The predicted molar refractivity (Wildman–Crippen MR) is 36.9 cm³/mol. The van der Waals surface area contributed by atoms with Gasteiger partial charge in [0.2, 0.25) is 0 Å². The van der Waals surface area contributed by atoms with Crippen molar-refractivity contribution in [2.75, 3.05) is 26.3 Å². The number of nitrogens with zero attached hydrogens (tertiary/aromatic N) is 1. The van der Waals surface area contributed by atoms with Crippen molar-refractivity contribution < 1.29 is 9.31 Å². The molecule has 1 fully saturated rings. The average molecular weight is 127 g/mol. The molecule has 9 heavy (non-hydrogen) atoms. The zero-order chi connectivity index (χ0) is 6.53. The highest BCUT2D eigenvalue weighted by Crippen LogP contribution is 1.87. The van der Waals surface area contributed by atoms with Gasteiger partial charge in [0, 0.05) is 0 Å². The summed E-state index contributed by atoms with van der Waals surface area (Å²) in [4.78, 5) is 0. The monoisotopic (exact) mass is 127 g/mol. The van der Waals surface area contributed by atoms with Gasteiger partial charge >= 0.3 is 0 Å². The number of rotatable bonds is 1. The van der Waals surface area contributed by atoms with E-state index in [0.29, 0.717) is 0 Å². The van der Waals surface area contributed by atoms with Gasteiger partial charge in [-0.05, 0) is 0 Å². The lowest BCUT2D eigenvalue weighted by atomic mass is 10.4. The Morgan fingerprint density at radius 2 is 2.11 bits per heavy atom. The summed E-state index contributed by atoms with van der Waals surface area (Å²) in [6.45, 7) is 7.56. The maximum atomic E-state index is 5.16. The molecule has 0 saturated carbocycles. The van der Waals surface area contributed by atoms with E-state index in [9.17, 15) is 0 Å². The first kappa shape index (κ1) is 6.75. The maximum absolute atomic E-state index is 5.16. The van der Waals surface area contributed by atoms with Gasteiger partial charge in [0.15, 0.2) is 13.1 Å². The fourth-order valence-electron chi connectivity index (χ4n) is 0.943. The van der Waals surface area contributed by atoms with Gasteiger partial charge in [-0.1, -0.05) is 0 Å². The molecule has 0 amide bonds. The minimum atomic E-state index is 0.872. The molecule has 0 aromatic carbocycles. The molecule has 52 valence electrons. The molecule has 0 aromatic rings.